The van der Waals surface area contributed by atoms with Crippen LogP contribution in [0, 0.1) is 5.25 Å². The van der Waals surface area contributed by atoms with Gasteiger partial charge in [0.1, 0.15) is 0 Å². The molecule has 0 amide bonds. The Morgan fingerprint density at radius 3 is 2.75 bits per heavy atom. The van der Waals surface area contributed by atoms with E-state index in [9.17, 15) is 0 Å². The van der Waals surface area contributed by atoms with E-state index in [1.54, 1.807) is 22.4 Å². The summed E-state index contributed by atoms with van der Waals surface area (Å²) in [6, 6.07) is 0. The van der Waals surface area contributed by atoms with Crippen molar-refractivity contribution in [2.45, 2.75) is 12.8 Å². The fraction of sp³-hybridized carbons (Fsp3) is 0.333. The van der Waals surface area contributed by atoms with Crippen LogP contribution in [0.2, 0.25) is 0 Å². The lowest BCUT2D eigenvalue weighted by atomic mass is 10.8. The van der Waals surface area contributed by atoms with E-state index in [2.05, 4.69) is 12.2 Å². The summed E-state index contributed by atoms with van der Waals surface area (Å²) in [4.78, 5) is 0. The van der Waals surface area contributed by atoms with Crippen molar-refractivity contribution in [1.82, 2.24) is 0 Å². The Balaban J connectivity index is 2.01. The second-order valence-corrected chi connectivity index (χ2v) is 2.98. The molecule has 0 aliphatic heterocycles. The predicted molar refractivity (Wildman–Crippen MR) is 42.9 cm³/mol. The Labute approximate surface area is 59.4 Å². The third-order valence-corrected chi connectivity index (χ3v) is 2.04. The van der Waals surface area contributed by atoms with E-state index in [0.29, 0.717) is 0 Å². The molecule has 0 nitrogen and oxygen atoms in total. The average molecular weight is 143 g/mol. The molecule has 0 N–H and O–H groups in total. The lowest BCUT2D eigenvalue weighted by Gasteiger charge is -1.79. The van der Waals surface area contributed by atoms with Gasteiger partial charge in [-0.3, -0.25) is 0 Å². The summed E-state index contributed by atoms with van der Waals surface area (Å²) in [5, 5.41) is 5.25. The van der Waals surface area contributed by atoms with Crippen molar-refractivity contribution in [3.8, 4) is 0 Å². The summed E-state index contributed by atoms with van der Waals surface area (Å²) in [6.07, 6.45) is 4.52. The monoisotopic (exact) mass is 143 g/mol. The third-order valence-electron chi connectivity index (χ3n) is 0.846. The zero-order valence-corrected chi connectivity index (χ0v) is 6.10. The van der Waals surface area contributed by atoms with Crippen LogP contribution in [0.15, 0.2) is 11.5 Å². The van der Waals surface area contributed by atoms with Gasteiger partial charge in [-0.25, -0.2) is 0 Å². The molecule has 0 spiro atoms. The third kappa shape index (κ3) is 2.48. The van der Waals surface area contributed by atoms with Gasteiger partial charge < -0.3 is 0 Å². The highest BCUT2D eigenvalue weighted by Gasteiger charge is 2.20. The normalized spacial score (nSPS) is 19.5. The van der Waals surface area contributed by atoms with Gasteiger partial charge in [0.15, 0.2) is 0 Å². The highest BCUT2D eigenvalue weighted by Crippen LogP contribution is 2.43. The molecule has 1 aliphatic carbocycles. The van der Waals surface area contributed by atoms with E-state index in [4.69, 9.17) is 0 Å². The highest BCUT2D eigenvalue weighted by atomic mass is 32.2. The number of rotatable bonds is 3. The van der Waals surface area contributed by atoms with Crippen LogP contribution in [-0.4, -0.2) is 5.37 Å². The summed E-state index contributed by atoms with van der Waals surface area (Å²) >= 11 is 6.40. The molecule has 0 atom stereocenters. The Kier molecular flexibility index (Phi) is 2.56. The van der Waals surface area contributed by atoms with Gasteiger partial charge in [-0.2, -0.15) is 0 Å². The van der Waals surface area contributed by atoms with Crippen LogP contribution < -0.4 is 0 Å². The van der Waals surface area contributed by atoms with E-state index in [0.717, 1.165) is 0 Å². The molecular formula is C6H7S2. The van der Waals surface area contributed by atoms with E-state index in [1.165, 1.54) is 12.8 Å². The van der Waals surface area contributed by atoms with E-state index < -0.39 is 0 Å². The molecule has 43 valence electrons. The predicted octanol–water partition coefficient (Wildman–Crippen LogP) is 2.56. The smallest absolute Gasteiger partial charge is 0.0352 e. The van der Waals surface area contributed by atoms with Gasteiger partial charge in [0.2, 0.25) is 0 Å². The maximum Gasteiger partial charge on any atom is 0.0352 e. The zero-order chi connectivity index (χ0) is 5.82. The second-order valence-electron chi connectivity index (χ2n) is 1.62. The largest absolute Gasteiger partial charge is 0.126 e. The van der Waals surface area contributed by atoms with Crippen molar-refractivity contribution >= 4 is 29.3 Å². The van der Waals surface area contributed by atoms with Crippen LogP contribution in [0.5, 0.6) is 0 Å². The molecule has 0 aromatic heterocycles. The summed E-state index contributed by atoms with van der Waals surface area (Å²) in [5.41, 5.74) is 0. The molecular weight excluding hydrogens is 136 g/mol. The molecule has 0 unspecified atom stereocenters. The molecule has 2 heteroatoms. The average Bonchev–Trinajstić information content (AvgIpc) is 2.51. The molecule has 0 aromatic rings. The van der Waals surface area contributed by atoms with Crippen LogP contribution in [0.4, 0.5) is 0 Å². The molecule has 8 heavy (non-hydrogen) atoms. The van der Waals surface area contributed by atoms with Gasteiger partial charge in [0, 0.05) is 10.6 Å². The van der Waals surface area contributed by atoms with Crippen molar-refractivity contribution < 1.29 is 0 Å². The second kappa shape index (κ2) is 3.25. The van der Waals surface area contributed by atoms with Crippen LogP contribution in [0.1, 0.15) is 12.8 Å². The Bertz CT molecular complexity index is 103. The van der Waals surface area contributed by atoms with Gasteiger partial charge >= 0.3 is 0 Å². The number of hydrogen-bond donors (Lipinski definition) is 0. The summed E-state index contributed by atoms with van der Waals surface area (Å²) in [5.74, 6) is 0. The minimum absolute atomic E-state index is 1.31. The van der Waals surface area contributed by atoms with Gasteiger partial charge in [-0.15, -0.1) is 11.8 Å². The van der Waals surface area contributed by atoms with Crippen molar-refractivity contribution in [3.63, 3.8) is 0 Å². The molecule has 1 saturated carbocycles. The zero-order valence-electron chi connectivity index (χ0n) is 4.46. The van der Waals surface area contributed by atoms with Crippen LogP contribution in [0.3, 0.4) is 0 Å². The highest BCUT2D eigenvalue weighted by molar-refractivity contribution is 8.05. The molecule has 1 fully saturated rings. The van der Waals surface area contributed by atoms with E-state index >= 15 is 0 Å². The SMILES string of the molecule is S=CC=CS[C]1CC1. The summed E-state index contributed by atoms with van der Waals surface area (Å²) in [6.45, 7) is 0. The Morgan fingerprint density at radius 2 is 2.25 bits per heavy atom. The van der Waals surface area contributed by atoms with Gasteiger partial charge in [-0.1, -0.05) is 12.2 Å². The lowest BCUT2D eigenvalue weighted by Crippen LogP contribution is -1.53. The quantitative estimate of drug-likeness (QED) is 0.440. The molecule has 0 heterocycles. The molecule has 0 bridgehead atoms. The number of thioether (sulfide) groups is 1. The Hall–Kier alpha value is 0.180. The molecule has 1 aliphatic rings. The topological polar surface area (TPSA) is 0 Å². The first-order chi connectivity index (χ1) is 3.93. The fourth-order valence-electron chi connectivity index (χ4n) is 0.336. The minimum Gasteiger partial charge on any atom is -0.126 e. The van der Waals surface area contributed by atoms with E-state index in [1.807, 2.05) is 11.5 Å². The van der Waals surface area contributed by atoms with Crippen molar-refractivity contribution in [2.24, 2.45) is 0 Å². The first kappa shape index (κ1) is 6.30. The first-order valence-corrected chi connectivity index (χ1v) is 3.90. The van der Waals surface area contributed by atoms with E-state index in [-0.39, 0.29) is 0 Å². The molecule has 1 rings (SSSR count). The van der Waals surface area contributed by atoms with Crippen molar-refractivity contribution in [2.75, 3.05) is 0 Å². The molecule has 0 saturated heterocycles. The van der Waals surface area contributed by atoms with Crippen LogP contribution in [-0.2, 0) is 0 Å². The van der Waals surface area contributed by atoms with Gasteiger partial charge in [-0.05, 0) is 24.3 Å². The maximum atomic E-state index is 4.59. The minimum atomic E-state index is 1.31. The Morgan fingerprint density at radius 1 is 1.50 bits per heavy atom. The first-order valence-electron chi connectivity index (χ1n) is 2.55. The van der Waals surface area contributed by atoms with Gasteiger partial charge in [0.05, 0.1) is 0 Å². The molecule has 1 radical (unpaired) electrons. The standard InChI is InChI=1S/C6H7S2/c7-4-1-5-8-6-2-3-6/h1,4-5H,2-3H2. The number of allylic oxidation sites excluding steroid dienone is 1. The van der Waals surface area contributed by atoms with Crippen molar-refractivity contribution in [1.29, 1.82) is 0 Å². The van der Waals surface area contributed by atoms with Gasteiger partial charge in [0.25, 0.3) is 0 Å². The summed E-state index contributed by atoms with van der Waals surface area (Å²) in [7, 11) is 0. The van der Waals surface area contributed by atoms with Crippen LogP contribution in [0.25, 0.3) is 0 Å². The fourth-order valence-corrected chi connectivity index (χ4v) is 1.20. The number of hydrogen-bond acceptors (Lipinski definition) is 2. The van der Waals surface area contributed by atoms with Crippen LogP contribution >= 0.6 is 24.0 Å². The molecule has 0 aromatic carbocycles. The summed E-state index contributed by atoms with van der Waals surface area (Å²) < 4.78 is 0. The maximum absolute atomic E-state index is 4.59. The van der Waals surface area contributed by atoms with Crippen molar-refractivity contribution in [3.05, 3.63) is 16.7 Å². The number of thiocarbonyl (C=S) groups is 1. The lowest BCUT2D eigenvalue weighted by molar-refractivity contribution is 1.50.